The summed E-state index contributed by atoms with van der Waals surface area (Å²) in [6.07, 6.45) is 2.38. The zero-order valence-corrected chi connectivity index (χ0v) is 24.9. The van der Waals surface area contributed by atoms with Crippen LogP contribution in [0, 0.1) is 5.92 Å². The van der Waals surface area contributed by atoms with Crippen LogP contribution in [-0.4, -0.2) is 29.9 Å². The first-order valence-electron chi connectivity index (χ1n) is 13.8. The van der Waals surface area contributed by atoms with Crippen molar-refractivity contribution >= 4 is 42.0 Å². The largest absolute Gasteiger partial charge is 0.377 e. The fourth-order valence-corrected chi connectivity index (χ4v) is 18.4. The minimum Gasteiger partial charge on any atom is -0.377 e. The molecule has 1 aliphatic heterocycles. The highest BCUT2D eigenvalue weighted by Gasteiger charge is 2.57. The van der Waals surface area contributed by atoms with Gasteiger partial charge in [-0.15, -0.1) is 23.5 Å². The van der Waals surface area contributed by atoms with Crippen LogP contribution in [0.1, 0.15) is 24.5 Å². The van der Waals surface area contributed by atoms with Crippen molar-refractivity contribution in [2.75, 3.05) is 18.1 Å². The lowest BCUT2D eigenvalue weighted by Crippen LogP contribution is -2.72. The summed E-state index contributed by atoms with van der Waals surface area (Å²) in [5.41, 5.74) is 2.69. The number of benzene rings is 4. The molecule has 38 heavy (non-hydrogen) atoms. The Kier molecular flexibility index (Phi) is 9.50. The average Bonchev–Trinajstić information content (AvgIpc) is 2.98. The third kappa shape index (κ3) is 6.15. The van der Waals surface area contributed by atoms with Gasteiger partial charge in [0.25, 0.3) is 0 Å². The smallest absolute Gasteiger partial charge is 0.146 e. The van der Waals surface area contributed by atoms with Gasteiger partial charge in [-0.3, -0.25) is 0 Å². The van der Waals surface area contributed by atoms with Crippen LogP contribution in [0.25, 0.3) is 0 Å². The van der Waals surface area contributed by atoms with Gasteiger partial charge < -0.3 is 4.74 Å². The summed E-state index contributed by atoms with van der Waals surface area (Å²) >= 11 is 4.50. The number of ether oxygens (including phenoxy) is 1. The van der Waals surface area contributed by atoms with Gasteiger partial charge in [0.1, 0.15) is 8.07 Å². The van der Waals surface area contributed by atoms with Crippen LogP contribution < -0.4 is 10.4 Å². The topological polar surface area (TPSA) is 9.23 Å². The summed E-state index contributed by atoms with van der Waals surface area (Å²) in [5.74, 6) is 2.90. The fourth-order valence-electron chi connectivity index (χ4n) is 5.92. The molecule has 1 fully saturated rings. The van der Waals surface area contributed by atoms with Gasteiger partial charge in [-0.1, -0.05) is 139 Å². The molecular formula is C34H38OS2Si. The quantitative estimate of drug-likeness (QED) is 0.178. The molecule has 0 unspecified atom stereocenters. The third-order valence-electron chi connectivity index (χ3n) is 7.59. The molecule has 1 saturated heterocycles. The highest BCUT2D eigenvalue weighted by atomic mass is 32.2. The van der Waals surface area contributed by atoms with Crippen LogP contribution in [0.2, 0.25) is 6.04 Å². The second-order valence-corrected chi connectivity index (χ2v) is 18.4. The van der Waals surface area contributed by atoms with Crippen LogP contribution in [0.4, 0.5) is 0 Å². The summed E-state index contributed by atoms with van der Waals surface area (Å²) in [4.78, 5) is 0. The second-order valence-electron chi connectivity index (χ2n) is 10.4. The van der Waals surface area contributed by atoms with E-state index in [0.717, 1.165) is 13.0 Å². The van der Waals surface area contributed by atoms with Gasteiger partial charge in [0.15, 0.2) is 0 Å². The molecule has 0 aliphatic carbocycles. The Balaban J connectivity index is 1.57. The van der Waals surface area contributed by atoms with E-state index in [1.54, 1.807) is 10.4 Å². The van der Waals surface area contributed by atoms with Crippen LogP contribution >= 0.6 is 23.5 Å². The standard InChI is InChI=1S/C34H38OS2Si/c1-29(26-35-27-31-17-8-3-9-18-31)28-38(32-19-10-4-11-20-32,33-21-12-5-13-22-33)34(36-23-14-24-37-34)25-30-15-6-2-7-16-30/h2-13,15-22,29H,14,23-28H2,1H3/t29-/m0/s1. The molecule has 5 rings (SSSR count). The molecular weight excluding hydrogens is 517 g/mol. The number of rotatable bonds is 11. The second kappa shape index (κ2) is 13.2. The Morgan fingerprint density at radius 3 is 1.68 bits per heavy atom. The lowest BCUT2D eigenvalue weighted by molar-refractivity contribution is 0.0967. The Bertz CT molecular complexity index is 1190. The zero-order chi connectivity index (χ0) is 26.1. The molecule has 4 aromatic carbocycles. The Hall–Kier alpha value is -2.24. The molecule has 0 saturated carbocycles. The minimum atomic E-state index is -2.33. The predicted molar refractivity (Wildman–Crippen MR) is 170 cm³/mol. The summed E-state index contributed by atoms with van der Waals surface area (Å²) in [6, 6.07) is 46.0. The van der Waals surface area contributed by atoms with Gasteiger partial charge >= 0.3 is 0 Å². The fraction of sp³-hybridized carbons (Fsp3) is 0.294. The highest BCUT2D eigenvalue weighted by molar-refractivity contribution is 8.21. The molecule has 4 aromatic rings. The maximum absolute atomic E-state index is 6.35. The SMILES string of the molecule is C[C@@H](COCc1ccccc1)C[Si](c1ccccc1)(c1ccccc1)C1(Cc2ccccc2)SCCCS1. The average molecular weight is 555 g/mol. The molecule has 1 nitrogen and oxygen atoms in total. The molecule has 1 aliphatic rings. The Morgan fingerprint density at radius 2 is 1.16 bits per heavy atom. The number of thioether (sulfide) groups is 2. The van der Waals surface area contributed by atoms with Crippen molar-refractivity contribution in [2.45, 2.75) is 36.1 Å². The van der Waals surface area contributed by atoms with Crippen molar-refractivity contribution < 1.29 is 4.74 Å². The van der Waals surface area contributed by atoms with E-state index in [0.29, 0.717) is 12.5 Å². The third-order valence-corrected chi connectivity index (χ3v) is 18.9. The maximum atomic E-state index is 6.35. The molecule has 0 radical (unpaired) electrons. The monoisotopic (exact) mass is 554 g/mol. The highest BCUT2D eigenvalue weighted by Crippen LogP contribution is 2.52. The molecule has 0 bridgehead atoms. The van der Waals surface area contributed by atoms with Gasteiger partial charge in [-0.2, -0.15) is 0 Å². The summed E-state index contributed by atoms with van der Waals surface area (Å²) in [7, 11) is -2.33. The molecule has 0 N–H and O–H groups in total. The number of hydrogen-bond donors (Lipinski definition) is 0. The van der Waals surface area contributed by atoms with Gasteiger partial charge in [-0.05, 0) is 47.4 Å². The molecule has 4 heteroatoms. The van der Waals surface area contributed by atoms with Gasteiger partial charge in [0.2, 0.25) is 0 Å². The van der Waals surface area contributed by atoms with Crippen LogP contribution in [0.15, 0.2) is 121 Å². The van der Waals surface area contributed by atoms with Crippen LogP contribution in [0.5, 0.6) is 0 Å². The van der Waals surface area contributed by atoms with E-state index < -0.39 is 8.07 Å². The predicted octanol–water partition coefficient (Wildman–Crippen LogP) is 7.45. The van der Waals surface area contributed by atoms with E-state index in [2.05, 4.69) is 152 Å². The first-order chi connectivity index (χ1) is 18.7. The van der Waals surface area contributed by atoms with Gasteiger partial charge in [0, 0.05) is 6.61 Å². The molecule has 1 heterocycles. The van der Waals surface area contributed by atoms with Crippen molar-refractivity contribution in [3.63, 3.8) is 0 Å². The first kappa shape index (κ1) is 27.3. The zero-order valence-electron chi connectivity index (χ0n) is 22.3. The van der Waals surface area contributed by atoms with Crippen molar-refractivity contribution in [3.8, 4) is 0 Å². The van der Waals surface area contributed by atoms with Gasteiger partial charge in [-0.25, -0.2) is 0 Å². The lowest BCUT2D eigenvalue weighted by Gasteiger charge is -2.52. The summed E-state index contributed by atoms with van der Waals surface area (Å²) in [6.45, 7) is 3.86. The molecule has 0 amide bonds. The van der Waals surface area contributed by atoms with E-state index in [4.69, 9.17) is 4.74 Å². The van der Waals surface area contributed by atoms with Crippen molar-refractivity contribution in [1.82, 2.24) is 0 Å². The van der Waals surface area contributed by atoms with Crippen LogP contribution in [-0.2, 0) is 17.8 Å². The molecule has 1 atom stereocenters. The van der Waals surface area contributed by atoms with Crippen molar-refractivity contribution in [2.24, 2.45) is 5.92 Å². The van der Waals surface area contributed by atoms with Crippen molar-refractivity contribution in [1.29, 1.82) is 0 Å². The molecule has 0 spiro atoms. The molecule has 0 aromatic heterocycles. The lowest BCUT2D eigenvalue weighted by atomic mass is 10.2. The van der Waals surface area contributed by atoms with E-state index in [1.807, 2.05) is 0 Å². The van der Waals surface area contributed by atoms with E-state index in [-0.39, 0.29) is 3.70 Å². The minimum absolute atomic E-state index is 0.114. The number of hydrogen-bond acceptors (Lipinski definition) is 3. The van der Waals surface area contributed by atoms with Crippen molar-refractivity contribution in [3.05, 3.63) is 132 Å². The van der Waals surface area contributed by atoms with E-state index >= 15 is 0 Å². The molecule has 196 valence electrons. The van der Waals surface area contributed by atoms with E-state index in [1.165, 1.54) is 35.1 Å². The summed E-state index contributed by atoms with van der Waals surface area (Å²) in [5, 5.41) is 3.11. The Labute approximate surface area is 238 Å². The van der Waals surface area contributed by atoms with E-state index in [9.17, 15) is 0 Å². The maximum Gasteiger partial charge on any atom is 0.146 e. The first-order valence-corrected chi connectivity index (χ1v) is 17.9. The Morgan fingerprint density at radius 1 is 0.684 bits per heavy atom. The normalized spacial score (nSPS) is 16.1. The van der Waals surface area contributed by atoms with Crippen LogP contribution in [0.3, 0.4) is 0 Å². The summed E-state index contributed by atoms with van der Waals surface area (Å²) < 4.78 is 6.46. The van der Waals surface area contributed by atoms with Gasteiger partial charge in [0.05, 0.1) is 10.3 Å².